The summed E-state index contributed by atoms with van der Waals surface area (Å²) in [6.45, 7) is 7.14. The van der Waals surface area contributed by atoms with Crippen LogP contribution in [0.5, 0.6) is 0 Å². The Labute approximate surface area is 110 Å². The molecule has 0 spiro atoms. The van der Waals surface area contributed by atoms with Crippen molar-refractivity contribution in [2.45, 2.75) is 46.0 Å². The van der Waals surface area contributed by atoms with Crippen molar-refractivity contribution in [2.75, 3.05) is 11.9 Å². The van der Waals surface area contributed by atoms with E-state index in [9.17, 15) is 4.79 Å². The lowest BCUT2D eigenvalue weighted by atomic mass is 10.0. The fourth-order valence-corrected chi connectivity index (χ4v) is 1.86. The highest BCUT2D eigenvalue weighted by Crippen LogP contribution is 2.23. The van der Waals surface area contributed by atoms with Gasteiger partial charge in [-0.25, -0.2) is 4.79 Å². The largest absolute Gasteiger partial charge is 0.338 e. The molecule has 0 saturated heterocycles. The molecule has 1 rings (SSSR count). The lowest BCUT2D eigenvalue weighted by molar-refractivity contribution is 0.252. The number of unbranched alkanes of at least 4 members (excludes halogenated alkanes) is 2. The third-order valence-electron chi connectivity index (χ3n) is 2.90. The summed E-state index contributed by atoms with van der Waals surface area (Å²) >= 11 is 0. The molecule has 0 atom stereocenters. The number of hydrogen-bond donors (Lipinski definition) is 2. The first-order chi connectivity index (χ1) is 8.65. The van der Waals surface area contributed by atoms with Crippen molar-refractivity contribution in [3.8, 4) is 0 Å². The molecule has 0 aliphatic rings. The number of benzene rings is 1. The third-order valence-corrected chi connectivity index (χ3v) is 2.90. The van der Waals surface area contributed by atoms with Crippen molar-refractivity contribution in [1.29, 1.82) is 0 Å². The smallest absolute Gasteiger partial charge is 0.319 e. The Morgan fingerprint density at radius 3 is 2.61 bits per heavy atom. The molecule has 0 radical (unpaired) electrons. The van der Waals surface area contributed by atoms with E-state index in [4.69, 9.17) is 0 Å². The first-order valence-corrected chi connectivity index (χ1v) is 6.79. The van der Waals surface area contributed by atoms with E-state index in [1.807, 2.05) is 18.2 Å². The zero-order chi connectivity index (χ0) is 13.4. The van der Waals surface area contributed by atoms with Crippen molar-refractivity contribution in [3.63, 3.8) is 0 Å². The topological polar surface area (TPSA) is 41.1 Å². The second kappa shape index (κ2) is 7.75. The van der Waals surface area contributed by atoms with Gasteiger partial charge in [0.2, 0.25) is 0 Å². The van der Waals surface area contributed by atoms with E-state index < -0.39 is 0 Å². The minimum Gasteiger partial charge on any atom is -0.338 e. The zero-order valence-corrected chi connectivity index (χ0v) is 11.6. The fraction of sp³-hybridized carbons (Fsp3) is 0.533. The molecule has 0 fully saturated rings. The van der Waals surface area contributed by atoms with Crippen molar-refractivity contribution < 1.29 is 4.79 Å². The van der Waals surface area contributed by atoms with Gasteiger partial charge in [-0.3, -0.25) is 0 Å². The van der Waals surface area contributed by atoms with E-state index in [0.717, 1.165) is 25.1 Å². The molecule has 1 aromatic carbocycles. The maximum atomic E-state index is 11.7. The molecule has 0 saturated carbocycles. The monoisotopic (exact) mass is 248 g/mol. The molecule has 100 valence electrons. The van der Waals surface area contributed by atoms with Gasteiger partial charge in [-0.2, -0.15) is 0 Å². The van der Waals surface area contributed by atoms with E-state index in [2.05, 4.69) is 37.5 Å². The van der Waals surface area contributed by atoms with Crippen LogP contribution in [0.15, 0.2) is 24.3 Å². The Morgan fingerprint density at radius 2 is 1.94 bits per heavy atom. The number of rotatable bonds is 6. The summed E-state index contributed by atoms with van der Waals surface area (Å²) in [6.07, 6.45) is 3.36. The van der Waals surface area contributed by atoms with Gasteiger partial charge in [0.15, 0.2) is 0 Å². The second-order valence-corrected chi connectivity index (χ2v) is 4.83. The zero-order valence-electron chi connectivity index (χ0n) is 11.6. The summed E-state index contributed by atoms with van der Waals surface area (Å²) < 4.78 is 0. The normalized spacial score (nSPS) is 10.4. The van der Waals surface area contributed by atoms with Crippen LogP contribution in [0, 0.1) is 0 Å². The van der Waals surface area contributed by atoms with Crippen LogP contribution in [0.25, 0.3) is 0 Å². The van der Waals surface area contributed by atoms with Crippen molar-refractivity contribution in [1.82, 2.24) is 5.32 Å². The van der Waals surface area contributed by atoms with Gasteiger partial charge in [0, 0.05) is 12.2 Å². The van der Waals surface area contributed by atoms with Gasteiger partial charge in [-0.15, -0.1) is 0 Å². The quantitative estimate of drug-likeness (QED) is 0.730. The van der Waals surface area contributed by atoms with Crippen LogP contribution >= 0.6 is 0 Å². The SMILES string of the molecule is CCCCCNC(=O)Nc1ccccc1C(C)C. The Balaban J connectivity index is 2.49. The molecule has 0 aromatic heterocycles. The highest BCUT2D eigenvalue weighted by atomic mass is 16.2. The molecule has 0 heterocycles. The Morgan fingerprint density at radius 1 is 1.22 bits per heavy atom. The molecule has 3 heteroatoms. The molecule has 1 aromatic rings. The van der Waals surface area contributed by atoms with Crippen LogP contribution in [0.1, 0.15) is 51.5 Å². The van der Waals surface area contributed by atoms with Gasteiger partial charge in [-0.1, -0.05) is 51.8 Å². The van der Waals surface area contributed by atoms with Crippen LogP contribution in [0.3, 0.4) is 0 Å². The minimum absolute atomic E-state index is 0.112. The molecule has 2 amide bonds. The third kappa shape index (κ3) is 4.78. The lowest BCUT2D eigenvalue weighted by Crippen LogP contribution is -2.29. The lowest BCUT2D eigenvalue weighted by Gasteiger charge is -2.14. The Hall–Kier alpha value is -1.51. The number of amides is 2. The molecule has 0 unspecified atom stereocenters. The van der Waals surface area contributed by atoms with Gasteiger partial charge in [-0.05, 0) is 24.0 Å². The predicted molar refractivity (Wildman–Crippen MR) is 77.1 cm³/mol. The predicted octanol–water partition coefficient (Wildman–Crippen LogP) is 4.12. The number of anilines is 1. The Bertz CT molecular complexity index is 375. The van der Waals surface area contributed by atoms with Crippen molar-refractivity contribution in [2.24, 2.45) is 0 Å². The van der Waals surface area contributed by atoms with Crippen LogP contribution in [-0.2, 0) is 0 Å². The molecule has 0 aliphatic heterocycles. The standard InChI is InChI=1S/C15H24N2O/c1-4-5-8-11-16-15(18)17-14-10-7-6-9-13(14)12(2)3/h6-7,9-10,12H,4-5,8,11H2,1-3H3,(H2,16,17,18). The number of urea groups is 1. The summed E-state index contributed by atoms with van der Waals surface area (Å²) in [4.78, 5) is 11.7. The van der Waals surface area contributed by atoms with Crippen molar-refractivity contribution >= 4 is 11.7 Å². The molecule has 2 N–H and O–H groups in total. The summed E-state index contributed by atoms with van der Waals surface area (Å²) in [5.74, 6) is 0.404. The van der Waals surface area contributed by atoms with Crippen LogP contribution < -0.4 is 10.6 Å². The molecule has 3 nitrogen and oxygen atoms in total. The maximum Gasteiger partial charge on any atom is 0.319 e. The maximum absolute atomic E-state index is 11.7. The highest BCUT2D eigenvalue weighted by Gasteiger charge is 2.08. The van der Waals surface area contributed by atoms with Gasteiger partial charge < -0.3 is 10.6 Å². The van der Waals surface area contributed by atoms with Crippen molar-refractivity contribution in [3.05, 3.63) is 29.8 Å². The molecule has 0 bridgehead atoms. The number of para-hydroxylation sites is 1. The molecule has 0 aliphatic carbocycles. The minimum atomic E-state index is -0.112. The van der Waals surface area contributed by atoms with Crippen LogP contribution in [0.4, 0.5) is 10.5 Å². The van der Waals surface area contributed by atoms with E-state index >= 15 is 0 Å². The molecule has 18 heavy (non-hydrogen) atoms. The summed E-state index contributed by atoms with van der Waals surface area (Å²) in [5.41, 5.74) is 2.07. The summed E-state index contributed by atoms with van der Waals surface area (Å²) in [7, 11) is 0. The van der Waals surface area contributed by atoms with E-state index in [-0.39, 0.29) is 6.03 Å². The Kier molecular flexibility index (Phi) is 6.26. The summed E-state index contributed by atoms with van der Waals surface area (Å²) in [5, 5.41) is 5.80. The second-order valence-electron chi connectivity index (χ2n) is 4.83. The first kappa shape index (κ1) is 14.6. The number of nitrogens with one attached hydrogen (secondary N) is 2. The van der Waals surface area contributed by atoms with E-state index in [1.54, 1.807) is 0 Å². The molecular weight excluding hydrogens is 224 g/mol. The number of carbonyl (C=O) groups is 1. The van der Waals surface area contributed by atoms with Gasteiger partial charge >= 0.3 is 6.03 Å². The summed E-state index contributed by atoms with van der Waals surface area (Å²) in [6, 6.07) is 7.83. The first-order valence-electron chi connectivity index (χ1n) is 6.79. The highest BCUT2D eigenvalue weighted by molar-refractivity contribution is 5.90. The van der Waals surface area contributed by atoms with Gasteiger partial charge in [0.1, 0.15) is 0 Å². The van der Waals surface area contributed by atoms with Gasteiger partial charge in [0.25, 0.3) is 0 Å². The van der Waals surface area contributed by atoms with Crippen LogP contribution in [-0.4, -0.2) is 12.6 Å². The van der Waals surface area contributed by atoms with Crippen LogP contribution in [0.2, 0.25) is 0 Å². The fourth-order valence-electron chi connectivity index (χ4n) is 1.86. The van der Waals surface area contributed by atoms with Gasteiger partial charge in [0.05, 0.1) is 0 Å². The average Bonchev–Trinajstić information content (AvgIpc) is 2.35. The van der Waals surface area contributed by atoms with E-state index in [0.29, 0.717) is 5.92 Å². The number of carbonyl (C=O) groups excluding carboxylic acids is 1. The van der Waals surface area contributed by atoms with E-state index in [1.165, 1.54) is 12.0 Å². The average molecular weight is 248 g/mol. The number of hydrogen-bond acceptors (Lipinski definition) is 1. The molecular formula is C15H24N2O.